The van der Waals surface area contributed by atoms with Crippen molar-refractivity contribution < 1.29 is 6.22 Å². The van der Waals surface area contributed by atoms with E-state index < -0.39 is 0 Å². The molecule has 1 rings (SSSR count). The molecule has 2 nitrogen and oxygen atoms in total. The molecule has 54 valence electrons. The monoisotopic (exact) mass is 129 g/mol. The molecule has 2 heteroatoms. The molecular formula is C7H15NO. The second kappa shape index (κ2) is 2.97. The van der Waals surface area contributed by atoms with Gasteiger partial charge in [-0.15, -0.1) is 0 Å². The fraction of sp³-hybridized carbons (Fsp3) is 0.857. The van der Waals surface area contributed by atoms with E-state index in [4.69, 9.17) is 0 Å². The molecule has 0 amide bonds. The summed E-state index contributed by atoms with van der Waals surface area (Å²) >= 11 is 0. The molecule has 1 heterocycles. The first-order chi connectivity index (χ1) is 4.34. The highest BCUT2D eigenvalue weighted by molar-refractivity contribution is 5.83. The van der Waals surface area contributed by atoms with Crippen LogP contribution in [0, 0.1) is 0 Å². The zero-order valence-electron chi connectivity index (χ0n) is 5.81. The molecule has 0 radical (unpaired) electrons. The highest BCUT2D eigenvalue weighted by Crippen LogP contribution is 2.06. The quantitative estimate of drug-likeness (QED) is 0.601. The van der Waals surface area contributed by atoms with E-state index in [1.165, 1.54) is 0 Å². The van der Waals surface area contributed by atoms with Crippen molar-refractivity contribution >= 4 is 5.78 Å². The van der Waals surface area contributed by atoms with Crippen LogP contribution in [0.4, 0.5) is 0 Å². The Morgan fingerprint density at radius 2 is 2.67 bits per heavy atom. The summed E-state index contributed by atoms with van der Waals surface area (Å²) in [6.07, 6.45) is 2.89. The lowest BCUT2D eigenvalue weighted by atomic mass is 10.1. The van der Waals surface area contributed by atoms with Gasteiger partial charge in [0.2, 0.25) is 0 Å². The van der Waals surface area contributed by atoms with Gasteiger partial charge >= 0.3 is 0 Å². The molecule has 0 aromatic carbocycles. The minimum atomic E-state index is 0. The average molecular weight is 129 g/mol. The molecule has 1 aliphatic rings. The highest BCUT2D eigenvalue weighted by Gasteiger charge is 2.19. The van der Waals surface area contributed by atoms with Gasteiger partial charge in [0.25, 0.3) is 0 Å². The van der Waals surface area contributed by atoms with Crippen LogP contribution >= 0.6 is 0 Å². The van der Waals surface area contributed by atoms with Gasteiger partial charge in [0, 0.05) is 7.85 Å². The topological polar surface area (TPSA) is 29.1 Å². The van der Waals surface area contributed by atoms with Crippen molar-refractivity contribution in [3.05, 3.63) is 0 Å². The van der Waals surface area contributed by atoms with Crippen LogP contribution in [0.25, 0.3) is 0 Å². The smallest absolute Gasteiger partial charge is 0.149 e. The summed E-state index contributed by atoms with van der Waals surface area (Å²) in [6, 6.07) is 0.190. The molecule has 1 unspecified atom stereocenters. The van der Waals surface area contributed by atoms with Crippen molar-refractivity contribution in [1.82, 2.24) is 5.32 Å². The predicted octanol–water partition coefficient (Wildman–Crippen LogP) is 0.964. The van der Waals surface area contributed by atoms with Crippen molar-refractivity contribution in [2.75, 3.05) is 6.54 Å². The number of Topliss-reactive ketones (excluding diaryl/α,β-unsaturated/α-hetero) is 1. The average Bonchev–Trinajstić information content (AvgIpc) is 2.37. The van der Waals surface area contributed by atoms with Gasteiger partial charge in [0.15, 0.2) is 0 Å². The van der Waals surface area contributed by atoms with Gasteiger partial charge < -0.3 is 5.32 Å². The summed E-state index contributed by atoms with van der Waals surface area (Å²) in [5, 5.41) is 3.16. The number of ketones is 1. The van der Waals surface area contributed by atoms with Crippen molar-refractivity contribution in [3.63, 3.8) is 0 Å². The van der Waals surface area contributed by atoms with Gasteiger partial charge in [-0.3, -0.25) is 4.79 Å². The van der Waals surface area contributed by atoms with Crippen LogP contribution in [0.5, 0.6) is 0 Å². The maximum atomic E-state index is 11.0. The van der Waals surface area contributed by atoms with Crippen LogP contribution in [0.2, 0.25) is 0 Å². The molecular weight excluding hydrogens is 114 g/mol. The first-order valence-corrected chi connectivity index (χ1v) is 3.60. The number of carbonyl (C=O) groups excluding carboxylic acids is 1. The fourth-order valence-corrected chi connectivity index (χ4v) is 1.21. The number of nitrogens with one attached hydrogen (secondary N) is 1. The molecule has 0 saturated carbocycles. The maximum Gasteiger partial charge on any atom is 0.149 e. The van der Waals surface area contributed by atoms with E-state index in [-0.39, 0.29) is 7.47 Å². The summed E-state index contributed by atoms with van der Waals surface area (Å²) < 4.78 is 0. The van der Waals surface area contributed by atoms with E-state index in [2.05, 4.69) is 5.32 Å². The number of hydrogen-bond acceptors (Lipinski definition) is 2. The summed E-state index contributed by atoms with van der Waals surface area (Å²) in [5.41, 5.74) is 0. The van der Waals surface area contributed by atoms with E-state index in [0.717, 1.165) is 19.4 Å². The first kappa shape index (κ1) is 6.75. The van der Waals surface area contributed by atoms with E-state index in [9.17, 15) is 4.79 Å². The van der Waals surface area contributed by atoms with E-state index in [1.54, 1.807) is 0 Å². The molecule has 1 fully saturated rings. The minimum Gasteiger partial charge on any atom is -0.307 e. The third-order valence-corrected chi connectivity index (χ3v) is 1.80. The van der Waals surface area contributed by atoms with Gasteiger partial charge in [0.05, 0.1) is 6.04 Å². The van der Waals surface area contributed by atoms with Crippen LogP contribution < -0.4 is 5.32 Å². The normalized spacial score (nSPS) is 26.6. The Hall–Kier alpha value is -0.370. The lowest BCUT2D eigenvalue weighted by Gasteiger charge is -2.04. The number of carbonyl (C=O) groups is 1. The van der Waals surface area contributed by atoms with Crippen molar-refractivity contribution in [3.8, 4) is 0 Å². The summed E-state index contributed by atoms with van der Waals surface area (Å²) in [7, 11) is 0. The molecule has 1 saturated heterocycles. The number of rotatable bonds is 2. The second-order valence-electron chi connectivity index (χ2n) is 2.47. The molecule has 0 bridgehead atoms. The highest BCUT2D eigenvalue weighted by atomic mass is 16.1. The molecule has 0 aromatic heterocycles. The lowest BCUT2D eigenvalue weighted by molar-refractivity contribution is -0.120. The van der Waals surface area contributed by atoms with Gasteiger partial charge in [-0.25, -0.2) is 0 Å². The Balaban J connectivity index is 0.000000810. The van der Waals surface area contributed by atoms with Crippen molar-refractivity contribution in [1.29, 1.82) is 0 Å². The van der Waals surface area contributed by atoms with E-state index >= 15 is 0 Å². The van der Waals surface area contributed by atoms with Gasteiger partial charge in [-0.1, -0.05) is 6.92 Å². The van der Waals surface area contributed by atoms with Crippen LogP contribution in [0.1, 0.15) is 27.6 Å². The van der Waals surface area contributed by atoms with Crippen LogP contribution in [-0.4, -0.2) is 18.4 Å². The van der Waals surface area contributed by atoms with Crippen molar-refractivity contribution in [2.45, 2.75) is 32.2 Å². The molecule has 1 N–H and O–H groups in total. The van der Waals surface area contributed by atoms with Crippen molar-refractivity contribution in [2.24, 2.45) is 0 Å². The SMILES string of the molecule is CCC(=O)C1CCCN1.[HH]. The largest absolute Gasteiger partial charge is 0.307 e. The molecule has 9 heavy (non-hydrogen) atoms. The number of hydrogen-bond donors (Lipinski definition) is 1. The van der Waals surface area contributed by atoms with Gasteiger partial charge in [-0.05, 0) is 19.4 Å². The summed E-state index contributed by atoms with van der Waals surface area (Å²) in [5.74, 6) is 0.368. The fourth-order valence-electron chi connectivity index (χ4n) is 1.21. The van der Waals surface area contributed by atoms with Crippen LogP contribution in [0.15, 0.2) is 0 Å². The van der Waals surface area contributed by atoms with Crippen LogP contribution in [-0.2, 0) is 4.79 Å². The molecule has 0 spiro atoms. The van der Waals surface area contributed by atoms with Gasteiger partial charge in [-0.2, -0.15) is 0 Å². The van der Waals surface area contributed by atoms with Gasteiger partial charge in [0.1, 0.15) is 5.78 Å². The van der Waals surface area contributed by atoms with E-state index in [0.29, 0.717) is 12.2 Å². The molecule has 1 atom stereocenters. The standard InChI is InChI=1S/C7H13NO.H2/c1-2-7(9)6-4-3-5-8-6;/h6,8H,2-5H2,1H3;1H. The molecule has 0 aromatic rings. The van der Waals surface area contributed by atoms with Crippen LogP contribution in [0.3, 0.4) is 0 Å². The maximum absolute atomic E-state index is 11.0. The van der Waals surface area contributed by atoms with E-state index in [1.807, 2.05) is 6.92 Å². The second-order valence-corrected chi connectivity index (χ2v) is 2.47. The first-order valence-electron chi connectivity index (χ1n) is 3.60. The minimum absolute atomic E-state index is 0. The predicted molar refractivity (Wildman–Crippen MR) is 38.4 cm³/mol. The Labute approximate surface area is 57.1 Å². The zero-order valence-corrected chi connectivity index (χ0v) is 5.81. The zero-order chi connectivity index (χ0) is 6.69. The summed E-state index contributed by atoms with van der Waals surface area (Å²) in [6.45, 7) is 2.94. The Bertz CT molecular complexity index is 110. The summed E-state index contributed by atoms with van der Waals surface area (Å²) in [4.78, 5) is 11.0. The Kier molecular flexibility index (Phi) is 2.22. The Morgan fingerprint density at radius 1 is 1.89 bits per heavy atom. The third-order valence-electron chi connectivity index (χ3n) is 1.80. The Morgan fingerprint density at radius 3 is 3.11 bits per heavy atom. The molecule has 0 aliphatic carbocycles. The third kappa shape index (κ3) is 1.52. The molecule has 1 aliphatic heterocycles. The lowest BCUT2D eigenvalue weighted by Crippen LogP contribution is -2.29.